The second-order valence-corrected chi connectivity index (χ2v) is 21.0. The summed E-state index contributed by atoms with van der Waals surface area (Å²) in [5, 5.41) is 44.6. The minimum Gasteiger partial charge on any atom is -0.460 e. The fourth-order valence-electron chi connectivity index (χ4n) is 10.8. The number of ether oxygens (including phenoxy) is 4. The number of carbonyl (C=O) groups is 7. The molecule has 0 aromatic carbocycles. The number of carbonyl (C=O) groups excluding carboxylic acids is 7. The third-order valence-electron chi connectivity index (χ3n) is 15.3. The first-order valence-corrected chi connectivity index (χ1v) is 25.7. The number of hydrogen-bond donors (Lipinski definition) is 5. The maximum Gasteiger partial charge on any atom is 0.339 e. The number of esters is 1. The van der Waals surface area contributed by atoms with E-state index in [1.54, 1.807) is 65.0 Å². The highest BCUT2D eigenvalue weighted by Crippen LogP contribution is 2.39. The summed E-state index contributed by atoms with van der Waals surface area (Å²) < 4.78 is 23.6. The maximum atomic E-state index is 14.5. The Kier molecular flexibility index (Phi) is 23.1. The monoisotopic (exact) mass is 1030 g/mol. The summed E-state index contributed by atoms with van der Waals surface area (Å²) in [5.74, 6) is -10.8. The van der Waals surface area contributed by atoms with Crippen LogP contribution in [0.1, 0.15) is 126 Å². The van der Waals surface area contributed by atoms with Crippen molar-refractivity contribution in [2.45, 2.75) is 174 Å². The average molecular weight is 1030 g/mol. The Morgan fingerprint density at radius 2 is 1.62 bits per heavy atom. The molecular formula is C53H82N4O16. The van der Waals surface area contributed by atoms with Gasteiger partial charge in [0.25, 0.3) is 11.7 Å². The lowest BCUT2D eigenvalue weighted by atomic mass is 9.75. The number of cyclic esters (lactones) is 1. The molecule has 3 amide bonds. The molecule has 3 aliphatic heterocycles. The molecule has 410 valence electrons. The van der Waals surface area contributed by atoms with Crippen LogP contribution in [0, 0.1) is 41.4 Å². The summed E-state index contributed by atoms with van der Waals surface area (Å²) >= 11 is 0. The summed E-state index contributed by atoms with van der Waals surface area (Å²) in [4.78, 5) is 102. The molecule has 0 aromatic heterocycles. The zero-order chi connectivity index (χ0) is 54.5. The third-order valence-corrected chi connectivity index (χ3v) is 15.3. The number of Topliss-reactive ketones (excluding diaryl/α,β-unsaturated/α-hetero) is 3. The minimum absolute atomic E-state index is 0.0213. The van der Waals surface area contributed by atoms with Crippen LogP contribution in [0.5, 0.6) is 0 Å². The van der Waals surface area contributed by atoms with Crippen LogP contribution in [-0.2, 0) is 52.6 Å². The maximum absolute atomic E-state index is 14.5. The number of hydroxylamine groups is 4. The Hall–Kier alpha value is -4.67. The molecule has 0 aromatic rings. The Morgan fingerprint density at radius 1 is 0.918 bits per heavy atom. The highest BCUT2D eigenvalue weighted by atomic mass is 16.9. The van der Waals surface area contributed by atoms with Gasteiger partial charge in [-0.2, -0.15) is 5.06 Å². The van der Waals surface area contributed by atoms with Gasteiger partial charge in [-0.05, 0) is 112 Å². The molecule has 3 heterocycles. The second kappa shape index (κ2) is 27.7. The van der Waals surface area contributed by atoms with Crippen LogP contribution in [0.25, 0.3) is 0 Å². The summed E-state index contributed by atoms with van der Waals surface area (Å²) in [5.41, 5.74) is 6.30. The van der Waals surface area contributed by atoms with Gasteiger partial charge in [-0.25, -0.2) is 14.4 Å². The summed E-state index contributed by atoms with van der Waals surface area (Å²) in [6.07, 6.45) is 8.45. The van der Waals surface area contributed by atoms with Gasteiger partial charge < -0.3 is 44.6 Å². The van der Waals surface area contributed by atoms with Gasteiger partial charge in [0.05, 0.1) is 31.2 Å². The predicted octanol–water partition coefficient (Wildman–Crippen LogP) is 5.34. The summed E-state index contributed by atoms with van der Waals surface area (Å²) in [7, 11) is 3.99. The first-order valence-electron chi connectivity index (χ1n) is 25.7. The molecule has 20 heteroatoms. The van der Waals surface area contributed by atoms with Crippen molar-refractivity contribution in [1.82, 2.24) is 15.2 Å². The standard InChI is InChI=1S/C53H82N4O16/c1-30-16-12-11-13-17-31(2)41(57(68)52(54)65)28-38-21-19-36(7)53(66,72-38)48(61)49(62)56-23-15-14-18-40(56)51(64)71-43(33(4)26-37-20-22-39(44(27-37)69-9)50(63)73-55(8)67)29-42(58)32(3)25-35(6)46(60)47(70-10)45(59)34(5)24-30/h11-13,16-17,25,30,32-34,36-41,43-44,46-47,60,66-68H,14-15,18-24,26-29H2,1-10H3,(H2,54,65)/b13-11+,16-12-,31-17+,35-25+/t30-,32-,33-,34-,36-,37+,38+,39-,40+,41-,43+,44-,46-,47+,53-/m1/s1. The van der Waals surface area contributed by atoms with E-state index in [1.165, 1.54) is 21.3 Å². The molecule has 1 saturated carbocycles. The van der Waals surface area contributed by atoms with Crippen LogP contribution in [0.4, 0.5) is 4.79 Å². The van der Waals surface area contributed by atoms with E-state index in [9.17, 15) is 54.2 Å². The van der Waals surface area contributed by atoms with Crippen molar-refractivity contribution in [2.24, 2.45) is 47.2 Å². The fraction of sp³-hybridized carbons (Fsp3) is 0.717. The number of allylic oxidation sites excluding steroid dienone is 6. The van der Waals surface area contributed by atoms with Crippen molar-refractivity contribution in [3.05, 3.63) is 47.6 Å². The lowest BCUT2D eigenvalue weighted by molar-refractivity contribution is -0.306. The number of nitrogens with zero attached hydrogens (tertiary/aromatic N) is 3. The van der Waals surface area contributed by atoms with E-state index in [4.69, 9.17) is 29.5 Å². The molecule has 4 aliphatic rings. The molecular weight excluding hydrogens is 949 g/mol. The van der Waals surface area contributed by atoms with E-state index in [0.29, 0.717) is 66.4 Å². The quantitative estimate of drug-likeness (QED) is 0.0674. The van der Waals surface area contributed by atoms with E-state index >= 15 is 0 Å². The fourth-order valence-corrected chi connectivity index (χ4v) is 10.8. The normalized spacial score (nSPS) is 37.2. The van der Waals surface area contributed by atoms with Crippen molar-refractivity contribution in [3.8, 4) is 0 Å². The number of aliphatic hydroxyl groups is 2. The van der Waals surface area contributed by atoms with Gasteiger partial charge in [-0.3, -0.25) is 29.6 Å². The molecule has 0 spiro atoms. The molecule has 1 aliphatic carbocycles. The van der Waals surface area contributed by atoms with Crippen LogP contribution < -0.4 is 5.73 Å². The number of hydrogen-bond acceptors (Lipinski definition) is 17. The van der Waals surface area contributed by atoms with Gasteiger partial charge >= 0.3 is 18.0 Å². The van der Waals surface area contributed by atoms with Gasteiger partial charge in [0.1, 0.15) is 30.1 Å². The van der Waals surface area contributed by atoms with Crippen LogP contribution in [-0.4, -0.2) is 153 Å². The van der Waals surface area contributed by atoms with Gasteiger partial charge in [0.2, 0.25) is 5.79 Å². The Balaban J connectivity index is 1.74. The van der Waals surface area contributed by atoms with Crippen molar-refractivity contribution in [3.63, 3.8) is 0 Å². The van der Waals surface area contributed by atoms with Gasteiger partial charge in [-0.1, -0.05) is 71.1 Å². The molecule has 0 unspecified atom stereocenters. The molecule has 4 rings (SSSR count). The Labute approximate surface area is 429 Å². The van der Waals surface area contributed by atoms with Gasteiger partial charge in [-0.15, -0.1) is 0 Å². The molecule has 20 nitrogen and oxygen atoms in total. The zero-order valence-corrected chi connectivity index (χ0v) is 44.3. The zero-order valence-electron chi connectivity index (χ0n) is 44.3. The highest BCUT2D eigenvalue weighted by molar-refractivity contribution is 6.39. The topological polar surface area (TPSA) is 282 Å². The van der Waals surface area contributed by atoms with Crippen LogP contribution in [0.15, 0.2) is 47.6 Å². The SMILES string of the molecule is CO[C@@H]1C[C@H](C[C@@H](C)[C@@H]2CC(=O)[C@H](C)/C=C(\C)[C@@H](O)[C@@H](OC)C(=O)[C@H](C)C[C@H](C)\C=C/C=C/C=C(\C)[C@H](N(O)C(N)=O)C[C@@H]3CC[C@@H](C)[C@@](O)(O3)C(=O)C(=O)N3CCCC[C@H]3C(=O)O2)CC[C@H]1C(=O)ON(C)O. The highest BCUT2D eigenvalue weighted by Gasteiger charge is 2.53. The summed E-state index contributed by atoms with van der Waals surface area (Å²) in [6.45, 7) is 12.0. The number of amides is 3. The van der Waals surface area contributed by atoms with Crippen LogP contribution in [0.2, 0.25) is 0 Å². The second-order valence-electron chi connectivity index (χ2n) is 21.0. The first-order chi connectivity index (χ1) is 34.3. The number of fused-ring (bicyclic) bond motifs is 3. The number of nitrogens with two attached hydrogens (primary N) is 1. The Morgan fingerprint density at radius 3 is 2.26 bits per heavy atom. The van der Waals surface area contributed by atoms with E-state index in [0.717, 1.165) is 4.90 Å². The number of rotatable bonds is 8. The molecule has 2 bridgehead atoms. The van der Waals surface area contributed by atoms with E-state index in [2.05, 4.69) is 0 Å². The number of primary amides is 1. The lowest BCUT2D eigenvalue weighted by Gasteiger charge is -2.43. The number of piperidine rings is 1. The van der Waals surface area contributed by atoms with Crippen molar-refractivity contribution in [1.29, 1.82) is 0 Å². The van der Waals surface area contributed by atoms with Crippen LogP contribution >= 0.6 is 0 Å². The van der Waals surface area contributed by atoms with Crippen molar-refractivity contribution >= 4 is 41.2 Å². The Bertz CT molecular complexity index is 2070. The average Bonchev–Trinajstić information content (AvgIpc) is 3.34. The largest absolute Gasteiger partial charge is 0.460 e. The minimum atomic E-state index is -2.64. The van der Waals surface area contributed by atoms with Crippen molar-refractivity contribution < 1.29 is 78.0 Å². The van der Waals surface area contributed by atoms with Crippen LogP contribution in [0.3, 0.4) is 0 Å². The molecule has 2 saturated heterocycles. The number of ketones is 3. The predicted molar refractivity (Wildman–Crippen MR) is 264 cm³/mol. The van der Waals surface area contributed by atoms with Gasteiger partial charge in [0, 0.05) is 51.4 Å². The van der Waals surface area contributed by atoms with E-state index in [-0.39, 0.29) is 62.1 Å². The number of aliphatic hydroxyl groups excluding tert-OH is 1. The molecule has 6 N–H and O–H groups in total. The molecule has 15 atom stereocenters. The molecule has 73 heavy (non-hydrogen) atoms. The molecule has 3 fully saturated rings. The number of urea groups is 1. The lowest BCUT2D eigenvalue weighted by Crippen LogP contribution is -2.61. The summed E-state index contributed by atoms with van der Waals surface area (Å²) in [6, 6.07) is -3.49. The van der Waals surface area contributed by atoms with Gasteiger partial charge in [0.15, 0.2) is 5.78 Å². The number of methoxy groups -OCH3 is 2. The third kappa shape index (κ3) is 16.2. The first kappa shape index (κ1) is 60.9. The van der Waals surface area contributed by atoms with E-state index in [1.807, 2.05) is 19.9 Å². The van der Waals surface area contributed by atoms with Crippen molar-refractivity contribution in [2.75, 3.05) is 27.8 Å². The van der Waals surface area contributed by atoms with E-state index < -0.39 is 108 Å². The molecule has 0 radical (unpaired) electrons. The smallest absolute Gasteiger partial charge is 0.339 e.